The van der Waals surface area contributed by atoms with Gasteiger partial charge in [-0.3, -0.25) is 9.88 Å². The van der Waals surface area contributed by atoms with E-state index in [-0.39, 0.29) is 5.41 Å². The average Bonchev–Trinajstić information content (AvgIpc) is 2.30. The van der Waals surface area contributed by atoms with Gasteiger partial charge in [-0.15, -0.1) is 0 Å². The lowest BCUT2D eigenvalue weighted by atomic mass is 9.82. The molecule has 0 fully saturated rings. The van der Waals surface area contributed by atoms with Crippen molar-refractivity contribution in [2.45, 2.75) is 58.5 Å². The third-order valence-corrected chi connectivity index (χ3v) is 4.39. The Labute approximate surface area is 105 Å². The van der Waals surface area contributed by atoms with E-state index in [9.17, 15) is 0 Å². The Balaban J connectivity index is 2.35. The lowest BCUT2D eigenvalue weighted by Gasteiger charge is -2.32. The molecule has 1 atom stereocenters. The van der Waals surface area contributed by atoms with Crippen LogP contribution in [0.25, 0.3) is 0 Å². The molecule has 0 saturated heterocycles. The van der Waals surface area contributed by atoms with Gasteiger partial charge >= 0.3 is 0 Å². The van der Waals surface area contributed by atoms with Crippen LogP contribution in [0.3, 0.4) is 0 Å². The fourth-order valence-corrected chi connectivity index (χ4v) is 2.29. The Kier molecular flexibility index (Phi) is 3.26. The summed E-state index contributed by atoms with van der Waals surface area (Å²) in [6.07, 6.45) is 4.32. The van der Waals surface area contributed by atoms with Crippen LogP contribution in [0.4, 0.5) is 0 Å². The second kappa shape index (κ2) is 4.41. The van der Waals surface area contributed by atoms with E-state index < -0.39 is 0 Å². The predicted octanol–water partition coefficient (Wildman–Crippen LogP) is 3.15. The van der Waals surface area contributed by atoms with E-state index in [0.29, 0.717) is 6.04 Å². The van der Waals surface area contributed by atoms with Gasteiger partial charge in [-0.1, -0.05) is 26.8 Å². The molecular formula is C15H24N2. The van der Waals surface area contributed by atoms with E-state index in [0.717, 1.165) is 19.4 Å². The molecule has 1 aliphatic rings. The van der Waals surface area contributed by atoms with Gasteiger partial charge < -0.3 is 0 Å². The molecule has 94 valence electrons. The molecule has 0 aromatic carbocycles. The van der Waals surface area contributed by atoms with E-state index in [2.05, 4.69) is 51.9 Å². The number of aromatic nitrogens is 1. The first-order valence-corrected chi connectivity index (χ1v) is 6.62. The van der Waals surface area contributed by atoms with Crippen molar-refractivity contribution in [2.75, 3.05) is 7.05 Å². The molecule has 0 radical (unpaired) electrons. The summed E-state index contributed by atoms with van der Waals surface area (Å²) < 4.78 is 0. The molecule has 1 unspecified atom stereocenters. The van der Waals surface area contributed by atoms with Crippen molar-refractivity contribution >= 4 is 0 Å². The summed E-state index contributed by atoms with van der Waals surface area (Å²) in [4.78, 5) is 7.10. The second-order valence-corrected chi connectivity index (χ2v) is 6.04. The third kappa shape index (κ3) is 2.37. The maximum Gasteiger partial charge on any atom is 0.0464 e. The van der Waals surface area contributed by atoms with Gasteiger partial charge in [-0.25, -0.2) is 0 Å². The molecule has 0 amide bonds. The van der Waals surface area contributed by atoms with Crippen molar-refractivity contribution in [2.24, 2.45) is 0 Å². The van der Waals surface area contributed by atoms with Gasteiger partial charge in [0, 0.05) is 30.9 Å². The molecule has 0 bridgehead atoms. The van der Waals surface area contributed by atoms with Crippen molar-refractivity contribution < 1.29 is 0 Å². The second-order valence-electron chi connectivity index (χ2n) is 6.04. The van der Waals surface area contributed by atoms with Gasteiger partial charge in [-0.05, 0) is 36.9 Å². The summed E-state index contributed by atoms with van der Waals surface area (Å²) in [6, 6.07) is 2.98. The minimum Gasteiger partial charge on any atom is -0.299 e. The Morgan fingerprint density at radius 1 is 1.47 bits per heavy atom. The average molecular weight is 232 g/mol. The largest absolute Gasteiger partial charge is 0.299 e. The lowest BCUT2D eigenvalue weighted by Crippen LogP contribution is -2.36. The molecule has 2 heteroatoms. The molecule has 2 rings (SSSR count). The normalized spacial score (nSPS) is 21.4. The Bertz CT molecular complexity index is 409. The van der Waals surface area contributed by atoms with Crippen molar-refractivity contribution in [1.29, 1.82) is 0 Å². The highest BCUT2D eigenvalue weighted by Crippen LogP contribution is 2.29. The number of fused-ring (bicyclic) bond motifs is 1. The maximum absolute atomic E-state index is 4.69. The summed E-state index contributed by atoms with van der Waals surface area (Å²) in [7, 11) is 2.20. The van der Waals surface area contributed by atoms with Gasteiger partial charge in [0.2, 0.25) is 0 Å². The fourth-order valence-electron chi connectivity index (χ4n) is 2.29. The molecule has 0 N–H and O–H groups in total. The Hall–Kier alpha value is -0.890. The van der Waals surface area contributed by atoms with E-state index in [4.69, 9.17) is 4.98 Å². The quantitative estimate of drug-likeness (QED) is 0.778. The predicted molar refractivity (Wildman–Crippen MR) is 72.2 cm³/mol. The van der Waals surface area contributed by atoms with Crippen LogP contribution in [0.2, 0.25) is 0 Å². The van der Waals surface area contributed by atoms with E-state index in [1.54, 1.807) is 0 Å². The highest BCUT2D eigenvalue weighted by molar-refractivity contribution is 5.31. The summed E-state index contributed by atoms with van der Waals surface area (Å²) in [5.41, 5.74) is 4.33. The van der Waals surface area contributed by atoms with Crippen LogP contribution in [-0.4, -0.2) is 23.0 Å². The maximum atomic E-state index is 4.69. The molecule has 0 saturated carbocycles. The lowest BCUT2D eigenvalue weighted by molar-refractivity contribution is 0.228. The monoisotopic (exact) mass is 232 g/mol. The molecular weight excluding hydrogens is 208 g/mol. The smallest absolute Gasteiger partial charge is 0.0464 e. The highest BCUT2D eigenvalue weighted by Gasteiger charge is 2.24. The number of rotatable bonds is 2. The van der Waals surface area contributed by atoms with Crippen LogP contribution in [0.1, 0.15) is 50.9 Å². The van der Waals surface area contributed by atoms with Crippen molar-refractivity contribution in [1.82, 2.24) is 9.88 Å². The van der Waals surface area contributed by atoms with Crippen LogP contribution in [0.15, 0.2) is 12.3 Å². The summed E-state index contributed by atoms with van der Waals surface area (Å²) in [6.45, 7) is 10.1. The molecule has 1 aliphatic heterocycles. The van der Waals surface area contributed by atoms with E-state index in [1.165, 1.54) is 16.8 Å². The fraction of sp³-hybridized carbons (Fsp3) is 0.667. The van der Waals surface area contributed by atoms with Crippen molar-refractivity contribution in [3.63, 3.8) is 0 Å². The van der Waals surface area contributed by atoms with Gasteiger partial charge in [-0.2, -0.15) is 0 Å². The first-order valence-electron chi connectivity index (χ1n) is 6.62. The zero-order valence-corrected chi connectivity index (χ0v) is 11.7. The minimum atomic E-state index is 0.240. The minimum absolute atomic E-state index is 0.240. The number of hydrogen-bond acceptors (Lipinski definition) is 2. The summed E-state index contributed by atoms with van der Waals surface area (Å²) in [5.74, 6) is 0. The molecule has 1 aromatic heterocycles. The zero-order chi connectivity index (χ0) is 12.6. The Morgan fingerprint density at radius 2 is 2.18 bits per heavy atom. The van der Waals surface area contributed by atoms with Crippen LogP contribution < -0.4 is 0 Å². The summed E-state index contributed by atoms with van der Waals surface area (Å²) in [5, 5.41) is 0. The highest BCUT2D eigenvalue weighted by atomic mass is 15.1. The van der Waals surface area contributed by atoms with Crippen LogP contribution in [0.5, 0.6) is 0 Å². The number of likely N-dealkylation sites (N-methyl/N-ethyl adjacent to an activating group) is 1. The topological polar surface area (TPSA) is 16.1 Å². The first-order chi connectivity index (χ1) is 7.94. The molecule has 0 aliphatic carbocycles. The van der Waals surface area contributed by atoms with Gasteiger partial charge in [0.25, 0.3) is 0 Å². The van der Waals surface area contributed by atoms with E-state index in [1.807, 2.05) is 0 Å². The Morgan fingerprint density at radius 3 is 2.82 bits per heavy atom. The van der Waals surface area contributed by atoms with Crippen LogP contribution >= 0.6 is 0 Å². The molecule has 0 spiro atoms. The molecule has 2 nitrogen and oxygen atoms in total. The summed E-state index contributed by atoms with van der Waals surface area (Å²) >= 11 is 0. The first kappa shape index (κ1) is 12.6. The number of hydrogen-bond donors (Lipinski definition) is 0. The van der Waals surface area contributed by atoms with Crippen molar-refractivity contribution in [3.8, 4) is 0 Å². The number of pyridine rings is 1. The SMILES string of the molecule is CCC(C)(C)c1cnc2c(c1)CN(C)C(C)C2. The van der Waals surface area contributed by atoms with Gasteiger partial charge in [0.05, 0.1) is 0 Å². The third-order valence-electron chi connectivity index (χ3n) is 4.39. The molecule has 2 heterocycles. The van der Waals surface area contributed by atoms with Gasteiger partial charge in [0.1, 0.15) is 0 Å². The molecule has 17 heavy (non-hydrogen) atoms. The number of nitrogens with zero attached hydrogens (tertiary/aromatic N) is 2. The van der Waals surface area contributed by atoms with Crippen LogP contribution in [0, 0.1) is 0 Å². The zero-order valence-electron chi connectivity index (χ0n) is 11.7. The van der Waals surface area contributed by atoms with Crippen molar-refractivity contribution in [3.05, 3.63) is 29.1 Å². The van der Waals surface area contributed by atoms with E-state index >= 15 is 0 Å². The molecule has 1 aromatic rings. The standard InChI is InChI=1S/C15H24N2/c1-6-15(3,4)13-8-12-10-17(5)11(2)7-14(12)16-9-13/h8-9,11H,6-7,10H2,1-5H3. The van der Waals surface area contributed by atoms with Crippen LogP contribution in [-0.2, 0) is 18.4 Å². The van der Waals surface area contributed by atoms with Gasteiger partial charge in [0.15, 0.2) is 0 Å².